The predicted molar refractivity (Wildman–Crippen MR) is 166 cm³/mol. The van der Waals surface area contributed by atoms with E-state index < -0.39 is 0 Å². The Morgan fingerprint density at radius 2 is 1.05 bits per heavy atom. The quantitative estimate of drug-likeness (QED) is 0.382. The van der Waals surface area contributed by atoms with Gasteiger partial charge in [0.2, 0.25) is 0 Å². The molecular formula is C39H44. The molecule has 4 aliphatic rings. The number of allylic oxidation sites excluding steroid dienone is 12. The van der Waals surface area contributed by atoms with Crippen molar-refractivity contribution in [2.75, 3.05) is 0 Å². The van der Waals surface area contributed by atoms with Gasteiger partial charge in [-0.05, 0) is 69.1 Å². The lowest BCUT2D eigenvalue weighted by Gasteiger charge is -2.47. The highest BCUT2D eigenvalue weighted by Gasteiger charge is 2.59. The molecule has 0 N–H and O–H groups in total. The third-order valence-electron chi connectivity index (χ3n) is 9.87. The van der Waals surface area contributed by atoms with Gasteiger partial charge >= 0.3 is 0 Å². The molecule has 0 heterocycles. The molecule has 0 saturated heterocycles. The van der Waals surface area contributed by atoms with Gasteiger partial charge in [-0.15, -0.1) is 0 Å². The van der Waals surface area contributed by atoms with Crippen LogP contribution in [-0.4, -0.2) is 0 Å². The van der Waals surface area contributed by atoms with Crippen molar-refractivity contribution in [3.63, 3.8) is 0 Å². The van der Waals surface area contributed by atoms with Crippen molar-refractivity contribution in [1.82, 2.24) is 0 Å². The highest BCUT2D eigenvalue weighted by molar-refractivity contribution is 5.55. The second kappa shape index (κ2) is 9.51. The molecule has 2 aromatic rings. The molecule has 2 aromatic carbocycles. The van der Waals surface area contributed by atoms with Crippen molar-refractivity contribution < 1.29 is 0 Å². The summed E-state index contributed by atoms with van der Waals surface area (Å²) < 4.78 is 0. The van der Waals surface area contributed by atoms with Gasteiger partial charge in [-0.3, -0.25) is 0 Å². The van der Waals surface area contributed by atoms with Crippen LogP contribution in [0.2, 0.25) is 0 Å². The maximum absolute atomic E-state index is 2.69. The van der Waals surface area contributed by atoms with E-state index in [1.807, 2.05) is 0 Å². The Morgan fingerprint density at radius 3 is 1.44 bits per heavy atom. The van der Waals surface area contributed by atoms with E-state index in [9.17, 15) is 0 Å². The van der Waals surface area contributed by atoms with Crippen molar-refractivity contribution >= 4 is 0 Å². The molecule has 1 fully saturated rings. The molecule has 200 valence electrons. The first-order valence-electron chi connectivity index (χ1n) is 14.9. The molecular weight excluding hydrogens is 468 g/mol. The summed E-state index contributed by atoms with van der Waals surface area (Å²) in [7, 11) is 0. The summed E-state index contributed by atoms with van der Waals surface area (Å²) in [5.74, 6) is 2.29. The third-order valence-corrected chi connectivity index (χ3v) is 9.87. The Hall–Kier alpha value is -3.12. The zero-order valence-electron chi connectivity index (χ0n) is 24.6. The summed E-state index contributed by atoms with van der Waals surface area (Å²) in [6, 6.07) is 22.9. The SMILES string of the molecule is CC(C)(C)C1=CC2C(C=C1)C1C=CC(C(C)(C)C)=CC1C2C(C1=CC=CC1)(c1ccccc1)c1ccccc1. The van der Waals surface area contributed by atoms with Crippen molar-refractivity contribution in [2.45, 2.75) is 53.4 Å². The lowest BCUT2D eigenvalue weighted by atomic mass is 9.55. The van der Waals surface area contributed by atoms with Crippen LogP contribution in [0.15, 0.2) is 132 Å². The van der Waals surface area contributed by atoms with Gasteiger partial charge in [-0.1, -0.05) is 162 Å². The van der Waals surface area contributed by atoms with Crippen LogP contribution in [0.1, 0.15) is 59.1 Å². The Balaban J connectivity index is 1.67. The van der Waals surface area contributed by atoms with Crippen LogP contribution < -0.4 is 0 Å². The molecule has 0 nitrogen and oxygen atoms in total. The van der Waals surface area contributed by atoms with Crippen molar-refractivity contribution in [2.24, 2.45) is 40.4 Å². The molecule has 1 saturated carbocycles. The molecule has 0 amide bonds. The molecule has 0 bridgehead atoms. The Labute approximate surface area is 236 Å². The first-order valence-corrected chi connectivity index (χ1v) is 14.9. The van der Waals surface area contributed by atoms with Gasteiger partial charge in [0.15, 0.2) is 0 Å². The van der Waals surface area contributed by atoms with Gasteiger partial charge in [0.1, 0.15) is 0 Å². The van der Waals surface area contributed by atoms with Gasteiger partial charge in [0.05, 0.1) is 0 Å². The van der Waals surface area contributed by atoms with E-state index in [1.165, 1.54) is 27.8 Å². The van der Waals surface area contributed by atoms with Gasteiger partial charge in [-0.2, -0.15) is 0 Å². The normalized spacial score (nSPS) is 28.1. The summed E-state index contributed by atoms with van der Waals surface area (Å²) in [5, 5.41) is 0. The molecule has 0 radical (unpaired) electrons. The number of fused-ring (bicyclic) bond motifs is 3. The first kappa shape index (κ1) is 26.1. The molecule has 4 unspecified atom stereocenters. The number of benzene rings is 2. The van der Waals surface area contributed by atoms with Crippen LogP contribution in [0.25, 0.3) is 0 Å². The molecule has 0 aliphatic heterocycles. The zero-order chi connectivity index (χ0) is 27.4. The topological polar surface area (TPSA) is 0 Å². The Morgan fingerprint density at radius 1 is 0.590 bits per heavy atom. The molecule has 4 atom stereocenters. The van der Waals surface area contributed by atoms with Crippen molar-refractivity contribution in [1.29, 1.82) is 0 Å². The number of hydrogen-bond donors (Lipinski definition) is 0. The average Bonchev–Trinajstić information content (AvgIpc) is 3.57. The minimum absolute atomic E-state index is 0.123. The van der Waals surface area contributed by atoms with Gasteiger partial charge in [-0.25, -0.2) is 0 Å². The summed E-state index contributed by atoms with van der Waals surface area (Å²) in [5.41, 5.74) is 7.37. The third kappa shape index (κ3) is 4.28. The maximum Gasteiger partial charge on any atom is 0.0457 e. The van der Waals surface area contributed by atoms with Crippen LogP contribution in [-0.2, 0) is 5.41 Å². The van der Waals surface area contributed by atoms with Crippen LogP contribution in [0.3, 0.4) is 0 Å². The lowest BCUT2D eigenvalue weighted by molar-refractivity contribution is 0.259. The van der Waals surface area contributed by atoms with E-state index in [2.05, 4.69) is 157 Å². The second-order valence-corrected chi connectivity index (χ2v) is 14.2. The van der Waals surface area contributed by atoms with Crippen LogP contribution >= 0.6 is 0 Å². The zero-order valence-corrected chi connectivity index (χ0v) is 24.6. The minimum Gasteiger partial charge on any atom is -0.0804 e. The van der Waals surface area contributed by atoms with E-state index in [-0.39, 0.29) is 16.2 Å². The Kier molecular flexibility index (Phi) is 6.37. The largest absolute Gasteiger partial charge is 0.0804 e. The highest BCUT2D eigenvalue weighted by Crippen LogP contribution is 2.64. The first-order chi connectivity index (χ1) is 18.6. The highest BCUT2D eigenvalue weighted by atomic mass is 14.6. The standard InChI is InChI=1S/C39H44/c1-37(2,3)30-21-23-32-33-24-22-31(38(4,5)6)26-35(33)36(34(32)25-30)39(29-19-13-14-20-29,27-15-9-7-10-16-27)28-17-11-8-12-18-28/h7-19,21-26,32-36H,20H2,1-6H3. The fourth-order valence-corrected chi connectivity index (χ4v) is 8.00. The fourth-order valence-electron chi connectivity index (χ4n) is 8.00. The van der Waals surface area contributed by atoms with Crippen molar-refractivity contribution in [3.8, 4) is 0 Å². The summed E-state index contributed by atoms with van der Waals surface area (Å²) in [6.07, 6.45) is 23.5. The molecule has 6 rings (SSSR count). The molecule has 0 heteroatoms. The monoisotopic (exact) mass is 512 g/mol. The van der Waals surface area contributed by atoms with Gasteiger partial charge in [0.25, 0.3) is 0 Å². The maximum atomic E-state index is 2.69. The van der Waals surface area contributed by atoms with Crippen molar-refractivity contribution in [3.05, 3.63) is 143 Å². The second-order valence-electron chi connectivity index (χ2n) is 14.2. The molecule has 39 heavy (non-hydrogen) atoms. The summed E-state index contributed by atoms with van der Waals surface area (Å²) in [4.78, 5) is 0. The smallest absolute Gasteiger partial charge is 0.0457 e. The molecule has 0 spiro atoms. The Bertz CT molecular complexity index is 1300. The molecule has 0 aromatic heterocycles. The van der Waals surface area contributed by atoms with Crippen LogP contribution in [0.4, 0.5) is 0 Å². The minimum atomic E-state index is -0.219. The van der Waals surface area contributed by atoms with E-state index in [0.717, 1.165) is 6.42 Å². The summed E-state index contributed by atoms with van der Waals surface area (Å²) >= 11 is 0. The van der Waals surface area contributed by atoms with Crippen LogP contribution in [0.5, 0.6) is 0 Å². The lowest BCUT2D eigenvalue weighted by Crippen LogP contribution is -2.44. The van der Waals surface area contributed by atoms with Gasteiger partial charge < -0.3 is 0 Å². The molecule has 4 aliphatic carbocycles. The number of hydrogen-bond acceptors (Lipinski definition) is 0. The predicted octanol–water partition coefficient (Wildman–Crippen LogP) is 10.0. The average molecular weight is 513 g/mol. The number of rotatable bonds is 4. The van der Waals surface area contributed by atoms with E-state index in [0.29, 0.717) is 29.6 Å². The van der Waals surface area contributed by atoms with Gasteiger partial charge in [0, 0.05) is 5.41 Å². The van der Waals surface area contributed by atoms with E-state index in [4.69, 9.17) is 0 Å². The fraction of sp³-hybridized carbons (Fsp3) is 0.385. The van der Waals surface area contributed by atoms with E-state index >= 15 is 0 Å². The van der Waals surface area contributed by atoms with Crippen LogP contribution in [0, 0.1) is 40.4 Å². The van der Waals surface area contributed by atoms with E-state index in [1.54, 1.807) is 0 Å². The summed E-state index contributed by atoms with van der Waals surface area (Å²) in [6.45, 7) is 14.2.